The number of carbonyl (C=O) groups is 1. The van der Waals surface area contributed by atoms with E-state index >= 15 is 0 Å². The monoisotopic (exact) mass is 167 g/mol. The van der Waals surface area contributed by atoms with Crippen LogP contribution in [0.1, 0.15) is 12.5 Å². The summed E-state index contributed by atoms with van der Waals surface area (Å²) in [5.41, 5.74) is 1.06. The molecule has 0 bridgehead atoms. The van der Waals surface area contributed by atoms with E-state index < -0.39 is 0 Å². The third-order valence-electron chi connectivity index (χ3n) is 1.49. The minimum Gasteiger partial charge on any atom is -0.326 e. The van der Waals surface area contributed by atoms with Crippen LogP contribution in [-0.2, 0) is 4.79 Å². The van der Waals surface area contributed by atoms with Gasteiger partial charge in [0, 0.05) is 12.6 Å². The van der Waals surface area contributed by atoms with Gasteiger partial charge in [-0.3, -0.25) is 4.79 Å². The van der Waals surface area contributed by atoms with E-state index in [-0.39, 0.29) is 11.7 Å². The lowest BCUT2D eigenvalue weighted by Gasteiger charge is -2.02. The Morgan fingerprint density at radius 1 is 1.50 bits per heavy atom. The van der Waals surface area contributed by atoms with Crippen LogP contribution in [-0.4, -0.2) is 5.91 Å². The molecule has 1 aromatic rings. The number of anilines is 1. The lowest BCUT2D eigenvalue weighted by atomic mass is 10.2. The van der Waals surface area contributed by atoms with Gasteiger partial charge >= 0.3 is 0 Å². The summed E-state index contributed by atoms with van der Waals surface area (Å²) in [5.74, 6) is -0.500. The Labute approximate surface area is 70.4 Å². The van der Waals surface area contributed by atoms with Gasteiger partial charge in [-0.1, -0.05) is 6.07 Å². The van der Waals surface area contributed by atoms with Gasteiger partial charge in [0.05, 0.1) is 0 Å². The van der Waals surface area contributed by atoms with Gasteiger partial charge in [0.15, 0.2) is 0 Å². The molecule has 1 rings (SSSR count). The van der Waals surface area contributed by atoms with Crippen molar-refractivity contribution in [2.24, 2.45) is 0 Å². The summed E-state index contributed by atoms with van der Waals surface area (Å²) in [7, 11) is 0. The van der Waals surface area contributed by atoms with Gasteiger partial charge in [-0.05, 0) is 24.6 Å². The van der Waals surface area contributed by atoms with Crippen LogP contribution in [0.25, 0.3) is 0 Å². The molecule has 0 fully saturated rings. The van der Waals surface area contributed by atoms with Crippen molar-refractivity contribution in [3.63, 3.8) is 0 Å². The highest BCUT2D eigenvalue weighted by Gasteiger charge is 1.99. The highest BCUT2D eigenvalue weighted by molar-refractivity contribution is 5.88. The van der Waals surface area contributed by atoms with Gasteiger partial charge in [-0.15, -0.1) is 0 Å². The molecule has 0 spiro atoms. The number of hydrogen-bond donors (Lipinski definition) is 1. The molecule has 0 heterocycles. The summed E-state index contributed by atoms with van der Waals surface area (Å²) < 4.78 is 12.9. The third-order valence-corrected chi connectivity index (χ3v) is 1.49. The quantitative estimate of drug-likeness (QED) is 0.681. The van der Waals surface area contributed by atoms with Crippen LogP contribution in [0, 0.1) is 12.7 Å². The summed E-state index contributed by atoms with van der Waals surface area (Å²) in [6.07, 6.45) is 0. The molecule has 0 saturated carbocycles. The molecule has 0 unspecified atom stereocenters. The molecular weight excluding hydrogens is 157 g/mol. The number of hydrogen-bond acceptors (Lipinski definition) is 1. The van der Waals surface area contributed by atoms with E-state index in [0.717, 1.165) is 0 Å². The van der Waals surface area contributed by atoms with Crippen LogP contribution < -0.4 is 5.32 Å². The molecule has 0 atom stereocenters. The van der Waals surface area contributed by atoms with E-state index in [1.54, 1.807) is 19.1 Å². The van der Waals surface area contributed by atoms with Gasteiger partial charge in [0.1, 0.15) is 5.82 Å². The van der Waals surface area contributed by atoms with Gasteiger partial charge < -0.3 is 5.32 Å². The Morgan fingerprint density at radius 2 is 2.17 bits per heavy atom. The summed E-state index contributed by atoms with van der Waals surface area (Å²) in [6, 6.07) is 4.59. The minimum atomic E-state index is -0.304. The lowest BCUT2D eigenvalue weighted by Crippen LogP contribution is -2.05. The number of nitrogens with one attached hydrogen (secondary N) is 1. The first-order valence-electron chi connectivity index (χ1n) is 3.63. The van der Waals surface area contributed by atoms with Crippen LogP contribution in [0.4, 0.5) is 10.1 Å². The van der Waals surface area contributed by atoms with Gasteiger partial charge in [-0.25, -0.2) is 4.39 Å². The Hall–Kier alpha value is -1.38. The van der Waals surface area contributed by atoms with Crippen molar-refractivity contribution < 1.29 is 9.18 Å². The van der Waals surface area contributed by atoms with Crippen molar-refractivity contribution >= 4 is 11.6 Å². The second-order valence-corrected chi connectivity index (χ2v) is 2.65. The highest BCUT2D eigenvalue weighted by atomic mass is 19.1. The van der Waals surface area contributed by atoms with Crippen molar-refractivity contribution in [3.8, 4) is 0 Å². The number of halogens is 1. The Kier molecular flexibility index (Phi) is 2.43. The zero-order chi connectivity index (χ0) is 9.14. The number of amides is 1. The van der Waals surface area contributed by atoms with Crippen LogP contribution in [0.5, 0.6) is 0 Å². The molecular formula is C9H10FNO. The SMILES string of the molecule is CC(=O)Nc1ccc(C)c(F)c1. The summed E-state index contributed by atoms with van der Waals surface area (Å²) >= 11 is 0. The standard InChI is InChI=1S/C9H10FNO/c1-6-3-4-8(5-9(6)10)11-7(2)12/h3-5H,1-2H3,(H,11,12). The van der Waals surface area contributed by atoms with Crippen molar-refractivity contribution in [2.45, 2.75) is 13.8 Å². The first-order chi connectivity index (χ1) is 5.59. The first-order valence-corrected chi connectivity index (χ1v) is 3.63. The molecule has 0 aliphatic rings. The van der Waals surface area contributed by atoms with Gasteiger partial charge in [-0.2, -0.15) is 0 Å². The predicted octanol–water partition coefficient (Wildman–Crippen LogP) is 2.09. The first kappa shape index (κ1) is 8.71. The Morgan fingerprint density at radius 3 is 2.67 bits per heavy atom. The third kappa shape index (κ3) is 2.05. The zero-order valence-corrected chi connectivity index (χ0v) is 7.02. The molecule has 1 amide bonds. The van der Waals surface area contributed by atoms with Crippen molar-refractivity contribution in [3.05, 3.63) is 29.6 Å². The molecule has 2 nitrogen and oxygen atoms in total. The largest absolute Gasteiger partial charge is 0.326 e. The number of carbonyl (C=O) groups excluding carboxylic acids is 1. The molecule has 1 N–H and O–H groups in total. The van der Waals surface area contributed by atoms with Crippen LogP contribution >= 0.6 is 0 Å². The smallest absolute Gasteiger partial charge is 0.221 e. The Balaban J connectivity index is 2.89. The van der Waals surface area contributed by atoms with Gasteiger partial charge in [0.2, 0.25) is 5.91 Å². The van der Waals surface area contributed by atoms with Gasteiger partial charge in [0.25, 0.3) is 0 Å². The maximum atomic E-state index is 12.9. The summed E-state index contributed by atoms with van der Waals surface area (Å²) in [6.45, 7) is 3.06. The Bertz CT molecular complexity index is 309. The van der Waals surface area contributed by atoms with Crippen molar-refractivity contribution in [1.29, 1.82) is 0 Å². The molecule has 3 heteroatoms. The molecule has 0 radical (unpaired) electrons. The van der Waals surface area contributed by atoms with E-state index in [0.29, 0.717) is 11.3 Å². The fourth-order valence-corrected chi connectivity index (χ4v) is 0.874. The molecule has 64 valence electrons. The molecule has 0 aliphatic heterocycles. The van der Waals surface area contributed by atoms with E-state index in [9.17, 15) is 9.18 Å². The number of rotatable bonds is 1. The molecule has 1 aromatic carbocycles. The fraction of sp³-hybridized carbons (Fsp3) is 0.222. The van der Waals surface area contributed by atoms with Crippen LogP contribution in [0.15, 0.2) is 18.2 Å². The van der Waals surface area contributed by atoms with Crippen molar-refractivity contribution in [2.75, 3.05) is 5.32 Å². The zero-order valence-electron chi connectivity index (χ0n) is 7.02. The lowest BCUT2D eigenvalue weighted by molar-refractivity contribution is -0.114. The molecule has 0 aromatic heterocycles. The van der Waals surface area contributed by atoms with Crippen molar-refractivity contribution in [1.82, 2.24) is 0 Å². The second-order valence-electron chi connectivity index (χ2n) is 2.65. The topological polar surface area (TPSA) is 29.1 Å². The van der Waals surface area contributed by atoms with Crippen LogP contribution in [0.2, 0.25) is 0 Å². The average Bonchev–Trinajstić information content (AvgIpc) is 1.96. The van der Waals surface area contributed by atoms with E-state index in [1.807, 2.05) is 0 Å². The number of aryl methyl sites for hydroxylation is 1. The van der Waals surface area contributed by atoms with Crippen LogP contribution in [0.3, 0.4) is 0 Å². The fourth-order valence-electron chi connectivity index (χ4n) is 0.874. The van der Waals surface area contributed by atoms with E-state index in [1.165, 1.54) is 13.0 Å². The summed E-state index contributed by atoms with van der Waals surface area (Å²) in [4.78, 5) is 10.6. The maximum absolute atomic E-state index is 12.9. The molecule has 0 saturated heterocycles. The normalized spacial score (nSPS) is 9.58. The highest BCUT2D eigenvalue weighted by Crippen LogP contribution is 2.12. The van der Waals surface area contributed by atoms with E-state index in [4.69, 9.17) is 0 Å². The predicted molar refractivity (Wildman–Crippen MR) is 45.4 cm³/mol. The molecule has 12 heavy (non-hydrogen) atoms. The average molecular weight is 167 g/mol. The van der Waals surface area contributed by atoms with E-state index in [2.05, 4.69) is 5.32 Å². The molecule has 0 aliphatic carbocycles. The summed E-state index contributed by atoms with van der Waals surface area (Å²) in [5, 5.41) is 2.49. The maximum Gasteiger partial charge on any atom is 0.221 e. The minimum absolute atomic E-state index is 0.196. The number of benzene rings is 1. The second kappa shape index (κ2) is 3.34.